The minimum atomic E-state index is -4.15. The molecule has 0 amide bonds. The standard InChI is InChI=1S/C24H48NO4P/c1-3-4-5-6-7-8-9-10-11-12-13-14-15-19-23-28-30(26,27)29-24-22-25(2)20-17-16-18-21-25/h10-11H,3-9,12-24H2,1-2H3/b11-10-. The molecule has 0 aromatic rings. The van der Waals surface area contributed by atoms with Gasteiger partial charge in [0.25, 0.3) is 7.82 Å². The largest absolute Gasteiger partial charge is 0.756 e. The zero-order chi connectivity index (χ0) is 22.0. The molecule has 1 saturated heterocycles. The molecule has 0 bridgehead atoms. The Morgan fingerprint density at radius 1 is 0.800 bits per heavy atom. The first-order chi connectivity index (χ1) is 14.5. The zero-order valence-corrected chi connectivity index (χ0v) is 20.7. The lowest BCUT2D eigenvalue weighted by molar-refractivity contribution is -0.914. The van der Waals surface area contributed by atoms with Gasteiger partial charge in [0.15, 0.2) is 0 Å². The normalized spacial score (nSPS) is 18.6. The van der Waals surface area contributed by atoms with Crippen molar-refractivity contribution in [2.45, 2.75) is 103 Å². The zero-order valence-electron chi connectivity index (χ0n) is 19.8. The second-order valence-corrected chi connectivity index (χ2v) is 10.6. The number of nitrogens with zero attached hydrogens (tertiary/aromatic N) is 1. The summed E-state index contributed by atoms with van der Waals surface area (Å²) in [6, 6.07) is 0. The van der Waals surface area contributed by atoms with E-state index in [1.165, 1.54) is 64.2 Å². The smallest absolute Gasteiger partial charge is 0.268 e. The van der Waals surface area contributed by atoms with Crippen molar-refractivity contribution in [3.63, 3.8) is 0 Å². The van der Waals surface area contributed by atoms with E-state index in [9.17, 15) is 9.46 Å². The van der Waals surface area contributed by atoms with E-state index in [1.807, 2.05) is 0 Å². The first kappa shape index (κ1) is 27.8. The van der Waals surface area contributed by atoms with Gasteiger partial charge in [-0.2, -0.15) is 0 Å². The molecule has 30 heavy (non-hydrogen) atoms. The molecular weight excluding hydrogens is 397 g/mol. The number of hydrogen-bond acceptors (Lipinski definition) is 4. The second-order valence-electron chi connectivity index (χ2n) is 9.20. The summed E-state index contributed by atoms with van der Waals surface area (Å²) < 4.78 is 22.9. The van der Waals surface area contributed by atoms with Crippen molar-refractivity contribution in [3.05, 3.63) is 12.2 Å². The molecule has 0 radical (unpaired) electrons. The van der Waals surface area contributed by atoms with Crippen LogP contribution >= 0.6 is 7.82 Å². The quantitative estimate of drug-likeness (QED) is 0.100. The number of likely N-dealkylation sites (N-methyl/N-ethyl adjacent to an activating group) is 1. The van der Waals surface area contributed by atoms with Crippen LogP contribution in [0.2, 0.25) is 0 Å². The van der Waals surface area contributed by atoms with Gasteiger partial charge in [0.1, 0.15) is 13.2 Å². The number of allylic oxidation sites excluding steroid dienone is 2. The molecule has 0 N–H and O–H groups in total. The Kier molecular flexibility index (Phi) is 16.1. The molecule has 5 nitrogen and oxygen atoms in total. The Morgan fingerprint density at radius 3 is 1.97 bits per heavy atom. The third-order valence-corrected chi connectivity index (χ3v) is 7.18. The molecular formula is C24H48NO4P. The van der Waals surface area contributed by atoms with Gasteiger partial charge >= 0.3 is 0 Å². The highest BCUT2D eigenvalue weighted by atomic mass is 31.2. The van der Waals surface area contributed by atoms with Gasteiger partial charge in [-0.3, -0.25) is 4.57 Å². The predicted octanol–water partition coefficient (Wildman–Crippen LogP) is 6.38. The molecule has 1 atom stereocenters. The number of phosphoric acid groups is 1. The summed E-state index contributed by atoms with van der Waals surface area (Å²) in [4.78, 5) is 11.9. The number of hydrogen-bond donors (Lipinski definition) is 0. The van der Waals surface area contributed by atoms with Crippen LogP contribution in [0.4, 0.5) is 0 Å². The van der Waals surface area contributed by atoms with Gasteiger partial charge in [-0.25, -0.2) is 0 Å². The second kappa shape index (κ2) is 17.4. The van der Waals surface area contributed by atoms with Gasteiger partial charge in [-0.1, -0.05) is 64.0 Å². The molecule has 1 rings (SSSR count). The SMILES string of the molecule is CCCCCCCC/C=C\CCCCCCOP(=O)([O-])OCC[N+]1(C)CCCCC1. The monoisotopic (exact) mass is 445 g/mol. The van der Waals surface area contributed by atoms with E-state index in [0.717, 1.165) is 56.2 Å². The van der Waals surface area contributed by atoms with Crippen molar-refractivity contribution in [2.24, 2.45) is 0 Å². The van der Waals surface area contributed by atoms with Crippen LogP contribution in [0.15, 0.2) is 12.2 Å². The third-order valence-electron chi connectivity index (χ3n) is 6.18. The first-order valence-electron chi connectivity index (χ1n) is 12.6. The Bertz CT molecular complexity index is 478. The fourth-order valence-electron chi connectivity index (χ4n) is 4.08. The Labute approximate surface area is 186 Å². The molecule has 0 aliphatic carbocycles. The van der Waals surface area contributed by atoms with Crippen molar-refractivity contribution in [2.75, 3.05) is 39.9 Å². The van der Waals surface area contributed by atoms with Crippen LogP contribution in [0.25, 0.3) is 0 Å². The van der Waals surface area contributed by atoms with Crippen LogP contribution in [-0.4, -0.2) is 44.4 Å². The molecule has 178 valence electrons. The summed E-state index contributed by atoms with van der Waals surface area (Å²) in [6.45, 7) is 5.68. The summed E-state index contributed by atoms with van der Waals surface area (Å²) in [6.07, 6.45) is 22.8. The maximum atomic E-state index is 11.9. The number of piperidine rings is 1. The van der Waals surface area contributed by atoms with E-state index in [1.54, 1.807) is 0 Å². The lowest BCUT2D eigenvalue weighted by atomic mass is 10.1. The van der Waals surface area contributed by atoms with E-state index < -0.39 is 7.82 Å². The molecule has 1 aliphatic rings. The minimum absolute atomic E-state index is 0.225. The number of unbranched alkanes of at least 4 members (excludes halogenated alkanes) is 10. The predicted molar refractivity (Wildman–Crippen MR) is 124 cm³/mol. The van der Waals surface area contributed by atoms with Crippen LogP contribution in [0.3, 0.4) is 0 Å². The van der Waals surface area contributed by atoms with Gasteiger partial charge in [-0.15, -0.1) is 0 Å². The fourth-order valence-corrected chi connectivity index (χ4v) is 4.81. The van der Waals surface area contributed by atoms with Crippen LogP contribution in [0.1, 0.15) is 103 Å². The minimum Gasteiger partial charge on any atom is -0.756 e. The highest BCUT2D eigenvalue weighted by Crippen LogP contribution is 2.38. The van der Waals surface area contributed by atoms with E-state index in [2.05, 4.69) is 26.1 Å². The highest BCUT2D eigenvalue weighted by molar-refractivity contribution is 7.45. The number of phosphoric ester groups is 1. The lowest BCUT2D eigenvalue weighted by Crippen LogP contribution is -2.49. The first-order valence-corrected chi connectivity index (χ1v) is 14.0. The summed E-state index contributed by atoms with van der Waals surface area (Å²) in [5.74, 6) is 0. The van der Waals surface area contributed by atoms with Crippen LogP contribution in [-0.2, 0) is 13.6 Å². The Morgan fingerprint density at radius 2 is 1.33 bits per heavy atom. The Balaban J connectivity index is 1.90. The van der Waals surface area contributed by atoms with Crippen LogP contribution < -0.4 is 4.89 Å². The van der Waals surface area contributed by atoms with E-state index >= 15 is 0 Å². The molecule has 6 heteroatoms. The molecule has 0 aromatic heterocycles. The van der Waals surface area contributed by atoms with E-state index in [4.69, 9.17) is 9.05 Å². The van der Waals surface area contributed by atoms with Crippen LogP contribution in [0, 0.1) is 0 Å². The topological polar surface area (TPSA) is 58.6 Å². The van der Waals surface area contributed by atoms with Gasteiger partial charge in [-0.05, 0) is 51.4 Å². The van der Waals surface area contributed by atoms with Crippen LogP contribution in [0.5, 0.6) is 0 Å². The number of rotatable bonds is 19. The van der Waals surface area contributed by atoms with Crippen molar-refractivity contribution < 1.29 is 23.0 Å². The third kappa shape index (κ3) is 15.6. The molecule has 1 fully saturated rings. The van der Waals surface area contributed by atoms with Gasteiger partial charge in [0, 0.05) is 0 Å². The summed E-state index contributed by atoms with van der Waals surface area (Å²) in [5.41, 5.74) is 0. The van der Waals surface area contributed by atoms with Crippen molar-refractivity contribution in [1.82, 2.24) is 0 Å². The maximum Gasteiger partial charge on any atom is 0.268 e. The van der Waals surface area contributed by atoms with Gasteiger partial charge < -0.3 is 18.4 Å². The fraction of sp³-hybridized carbons (Fsp3) is 0.917. The average molecular weight is 446 g/mol. The number of quaternary nitrogens is 1. The van der Waals surface area contributed by atoms with Crippen molar-refractivity contribution in [1.29, 1.82) is 0 Å². The summed E-state index contributed by atoms with van der Waals surface area (Å²) in [7, 11) is -1.96. The summed E-state index contributed by atoms with van der Waals surface area (Å²) in [5, 5.41) is 0. The average Bonchev–Trinajstić information content (AvgIpc) is 2.71. The van der Waals surface area contributed by atoms with Gasteiger partial charge in [0.05, 0.1) is 26.7 Å². The molecule has 0 aromatic carbocycles. The lowest BCUT2D eigenvalue weighted by Gasteiger charge is -2.38. The Hall–Kier alpha value is -0.190. The molecule has 0 spiro atoms. The molecule has 0 saturated carbocycles. The maximum absolute atomic E-state index is 11.9. The van der Waals surface area contributed by atoms with E-state index in [-0.39, 0.29) is 13.2 Å². The highest BCUT2D eigenvalue weighted by Gasteiger charge is 2.25. The molecule has 1 aliphatic heterocycles. The van der Waals surface area contributed by atoms with E-state index in [0.29, 0.717) is 0 Å². The molecule has 1 unspecified atom stereocenters. The summed E-state index contributed by atoms with van der Waals surface area (Å²) >= 11 is 0. The van der Waals surface area contributed by atoms with Crippen molar-refractivity contribution >= 4 is 7.82 Å². The molecule has 1 heterocycles. The van der Waals surface area contributed by atoms with Crippen molar-refractivity contribution in [3.8, 4) is 0 Å². The number of likely N-dealkylation sites (tertiary alicyclic amines) is 1. The van der Waals surface area contributed by atoms with Gasteiger partial charge in [0.2, 0.25) is 0 Å².